The quantitative estimate of drug-likeness (QED) is 0.558. The van der Waals surface area contributed by atoms with Crippen molar-refractivity contribution in [2.45, 2.75) is 25.7 Å². The zero-order chi connectivity index (χ0) is 5.11. The van der Waals surface area contributed by atoms with Crippen LogP contribution >= 0.6 is 0 Å². The van der Waals surface area contributed by atoms with Gasteiger partial charge < -0.3 is 0 Å². The Morgan fingerprint density at radius 2 is 1.86 bits per heavy atom. The van der Waals surface area contributed by atoms with Crippen molar-refractivity contribution in [2.24, 2.45) is 5.92 Å². The summed E-state index contributed by atoms with van der Waals surface area (Å²) in [7, 11) is 0. The average Bonchev–Trinajstić information content (AvgIpc) is 2.14. The Morgan fingerprint density at radius 3 is 2.14 bits per heavy atom. The molecule has 0 aromatic carbocycles. The molecule has 0 aromatic rings. The van der Waals surface area contributed by atoms with E-state index in [1.54, 1.807) is 22.1 Å². The first-order chi connectivity index (χ1) is 3.43. The molecule has 0 aromatic heterocycles. The molecule has 38 valence electrons. The summed E-state index contributed by atoms with van der Waals surface area (Å²) in [6, 6.07) is 0. The van der Waals surface area contributed by atoms with Crippen LogP contribution in [0.4, 0.5) is 0 Å². The molecule has 0 spiro atoms. The van der Waals surface area contributed by atoms with Gasteiger partial charge in [-0.25, -0.2) is 0 Å². The van der Waals surface area contributed by atoms with Gasteiger partial charge >= 0.3 is 57.7 Å². The van der Waals surface area contributed by atoms with Crippen LogP contribution in [0.1, 0.15) is 25.7 Å². The second-order valence-corrected chi connectivity index (χ2v) is 3.16. The number of hydrogen-bond acceptors (Lipinski definition) is 0. The van der Waals surface area contributed by atoms with Crippen molar-refractivity contribution in [1.82, 2.24) is 0 Å². The summed E-state index contributed by atoms with van der Waals surface area (Å²) in [5.41, 5.74) is 0. The molecular formula is C6H10Sn. The molecule has 1 rings (SSSR count). The Labute approximate surface area is 57.9 Å². The van der Waals surface area contributed by atoms with E-state index < -0.39 is 0 Å². The van der Waals surface area contributed by atoms with Crippen LogP contribution in [0.25, 0.3) is 0 Å². The summed E-state index contributed by atoms with van der Waals surface area (Å²) in [4.78, 5) is 0. The molecular weight excluding hydrogens is 191 g/mol. The zero-order valence-electron chi connectivity index (χ0n) is 4.48. The maximum absolute atomic E-state index is 2.43. The molecule has 2 radical (unpaired) electrons. The third-order valence-corrected chi connectivity index (χ3v) is 2.98. The standard InChI is InChI=1S/C6H10.Sn/c1-6-4-2-3-5-6;/h1,6H,2-5H2;. The predicted octanol–water partition coefficient (Wildman–Crippen LogP) is 1.15. The monoisotopic (exact) mass is 202 g/mol. The van der Waals surface area contributed by atoms with E-state index in [4.69, 9.17) is 0 Å². The van der Waals surface area contributed by atoms with E-state index in [0.717, 1.165) is 5.92 Å². The van der Waals surface area contributed by atoms with E-state index in [2.05, 4.69) is 4.02 Å². The molecule has 0 heterocycles. The van der Waals surface area contributed by atoms with E-state index in [1.807, 2.05) is 0 Å². The minimum absolute atomic E-state index is 1.01. The van der Waals surface area contributed by atoms with Gasteiger partial charge in [0.2, 0.25) is 0 Å². The van der Waals surface area contributed by atoms with E-state index in [-0.39, 0.29) is 0 Å². The minimum atomic E-state index is 1.01. The molecule has 1 aliphatic rings. The van der Waals surface area contributed by atoms with Crippen molar-refractivity contribution in [2.75, 3.05) is 0 Å². The van der Waals surface area contributed by atoms with Gasteiger partial charge in [0.15, 0.2) is 0 Å². The molecule has 0 amide bonds. The summed E-state index contributed by atoms with van der Waals surface area (Å²) in [5.74, 6) is 1.01. The summed E-state index contributed by atoms with van der Waals surface area (Å²) in [6.07, 6.45) is 5.92. The fourth-order valence-corrected chi connectivity index (χ4v) is 2.08. The van der Waals surface area contributed by atoms with Gasteiger partial charge in [-0.15, -0.1) is 0 Å². The maximum atomic E-state index is 2.43. The third kappa shape index (κ3) is 1.55. The molecule has 0 atom stereocenters. The topological polar surface area (TPSA) is 0 Å². The first-order valence-corrected chi connectivity index (χ1v) is 4.59. The van der Waals surface area contributed by atoms with Crippen LogP contribution in [0.5, 0.6) is 0 Å². The fraction of sp³-hybridized carbons (Fsp3) is 0.833. The van der Waals surface area contributed by atoms with Gasteiger partial charge in [-0.05, 0) is 0 Å². The van der Waals surface area contributed by atoms with Gasteiger partial charge in [-0.3, -0.25) is 0 Å². The van der Waals surface area contributed by atoms with Gasteiger partial charge in [-0.1, -0.05) is 0 Å². The van der Waals surface area contributed by atoms with Gasteiger partial charge in [0.25, 0.3) is 0 Å². The molecule has 0 aliphatic heterocycles. The Bertz CT molecular complexity index is 62.6. The molecule has 0 unspecified atom stereocenters. The van der Waals surface area contributed by atoms with E-state index in [1.165, 1.54) is 25.7 Å². The molecule has 1 fully saturated rings. The fourth-order valence-electron chi connectivity index (χ4n) is 1.12. The Kier molecular flexibility index (Phi) is 2.36. The van der Waals surface area contributed by atoms with Crippen LogP contribution < -0.4 is 0 Å². The van der Waals surface area contributed by atoms with Crippen molar-refractivity contribution in [1.29, 1.82) is 0 Å². The van der Waals surface area contributed by atoms with E-state index in [9.17, 15) is 0 Å². The van der Waals surface area contributed by atoms with Crippen molar-refractivity contribution in [3.05, 3.63) is 0 Å². The second kappa shape index (κ2) is 2.85. The summed E-state index contributed by atoms with van der Waals surface area (Å²) >= 11 is 1.61. The summed E-state index contributed by atoms with van der Waals surface area (Å²) in [6.45, 7) is 0. The van der Waals surface area contributed by atoms with Gasteiger partial charge in [-0.2, -0.15) is 0 Å². The van der Waals surface area contributed by atoms with E-state index in [0.29, 0.717) is 0 Å². The number of hydrogen-bond donors (Lipinski definition) is 0. The van der Waals surface area contributed by atoms with Crippen LogP contribution in [0.2, 0.25) is 0 Å². The molecule has 1 aliphatic carbocycles. The van der Waals surface area contributed by atoms with Crippen molar-refractivity contribution in [3.63, 3.8) is 0 Å². The van der Waals surface area contributed by atoms with Crippen molar-refractivity contribution >= 4 is 26.1 Å². The zero-order valence-corrected chi connectivity index (χ0v) is 7.34. The van der Waals surface area contributed by atoms with Crippen LogP contribution in [-0.2, 0) is 0 Å². The summed E-state index contributed by atoms with van der Waals surface area (Å²) in [5, 5.41) is 0. The first-order valence-electron chi connectivity index (χ1n) is 2.94. The van der Waals surface area contributed by atoms with Crippen molar-refractivity contribution in [3.8, 4) is 0 Å². The Balaban J connectivity index is 2.26. The van der Waals surface area contributed by atoms with Crippen LogP contribution in [-0.4, -0.2) is 26.1 Å². The number of rotatable bonds is 1. The normalized spacial score (nSPS) is 22.9. The van der Waals surface area contributed by atoms with Crippen molar-refractivity contribution < 1.29 is 0 Å². The molecule has 0 saturated heterocycles. The Hall–Kier alpha value is 0.669. The van der Waals surface area contributed by atoms with E-state index >= 15 is 0 Å². The van der Waals surface area contributed by atoms with Crippen LogP contribution in [0.3, 0.4) is 0 Å². The van der Waals surface area contributed by atoms with Gasteiger partial charge in [0.05, 0.1) is 0 Å². The molecule has 1 saturated carbocycles. The Morgan fingerprint density at radius 1 is 1.29 bits per heavy atom. The first kappa shape index (κ1) is 5.80. The van der Waals surface area contributed by atoms with Crippen LogP contribution in [0, 0.1) is 5.92 Å². The third-order valence-electron chi connectivity index (χ3n) is 1.64. The van der Waals surface area contributed by atoms with Gasteiger partial charge in [0, 0.05) is 0 Å². The molecule has 7 heavy (non-hydrogen) atoms. The molecule has 0 nitrogen and oxygen atoms in total. The summed E-state index contributed by atoms with van der Waals surface area (Å²) < 4.78 is 2.43. The van der Waals surface area contributed by atoms with Gasteiger partial charge in [0.1, 0.15) is 0 Å². The molecule has 1 heteroatoms. The SMILES string of the molecule is [Sn]=[CH]C1CCCC1. The average molecular weight is 201 g/mol. The van der Waals surface area contributed by atoms with Crippen LogP contribution in [0.15, 0.2) is 0 Å². The molecule has 0 N–H and O–H groups in total. The predicted molar refractivity (Wildman–Crippen MR) is 33.8 cm³/mol. The molecule has 0 bridgehead atoms. The second-order valence-electron chi connectivity index (χ2n) is 2.21.